The Bertz CT molecular complexity index is 463. The summed E-state index contributed by atoms with van der Waals surface area (Å²) in [5.41, 5.74) is 1.25. The van der Waals surface area contributed by atoms with Gasteiger partial charge in [-0.15, -0.1) is 0 Å². The van der Waals surface area contributed by atoms with E-state index in [9.17, 15) is 9.59 Å². The van der Waals surface area contributed by atoms with Crippen molar-refractivity contribution < 1.29 is 9.90 Å². The Labute approximate surface area is 99.9 Å². The Balaban J connectivity index is 2.96. The lowest BCUT2D eigenvalue weighted by Crippen LogP contribution is -2.20. The molecule has 0 spiro atoms. The predicted molar refractivity (Wildman–Crippen MR) is 64.3 cm³/mol. The summed E-state index contributed by atoms with van der Waals surface area (Å²) in [5.74, 6) is -0.0795. The lowest BCUT2D eigenvalue weighted by atomic mass is 10.0. The maximum atomic E-state index is 11.8. The third-order valence-electron chi connectivity index (χ3n) is 2.53. The lowest BCUT2D eigenvalue weighted by molar-refractivity contribution is -0.137. The molecule has 0 saturated heterocycles. The number of aliphatic carboxylic acids is 1. The van der Waals surface area contributed by atoms with Crippen LogP contribution < -0.4 is 5.56 Å². The predicted octanol–water partition coefficient (Wildman–Crippen LogP) is 1.61. The first kappa shape index (κ1) is 13.4. The zero-order chi connectivity index (χ0) is 13.0. The Morgan fingerprint density at radius 2 is 2.12 bits per heavy atom. The molecule has 5 heteroatoms. The molecule has 1 aromatic rings. The maximum Gasteiger partial charge on any atom is 0.303 e. The van der Waals surface area contributed by atoms with Gasteiger partial charge in [-0.1, -0.05) is 13.8 Å². The lowest BCUT2D eigenvalue weighted by Gasteiger charge is -2.11. The molecule has 0 amide bonds. The number of carbonyl (C=O) groups is 1. The van der Waals surface area contributed by atoms with Gasteiger partial charge in [-0.05, 0) is 25.7 Å². The van der Waals surface area contributed by atoms with Crippen molar-refractivity contribution in [1.82, 2.24) is 9.97 Å². The summed E-state index contributed by atoms with van der Waals surface area (Å²) in [6.07, 6.45) is 0.996. The minimum atomic E-state index is -0.840. The van der Waals surface area contributed by atoms with Gasteiger partial charge in [0.25, 0.3) is 5.56 Å². The van der Waals surface area contributed by atoms with Crippen LogP contribution in [0.1, 0.15) is 49.7 Å². The van der Waals surface area contributed by atoms with E-state index in [4.69, 9.17) is 5.11 Å². The Morgan fingerprint density at radius 3 is 2.65 bits per heavy atom. The van der Waals surface area contributed by atoms with E-state index in [1.54, 1.807) is 6.92 Å². The van der Waals surface area contributed by atoms with Crippen molar-refractivity contribution in [1.29, 1.82) is 0 Å². The maximum absolute atomic E-state index is 11.8. The second-order valence-electron chi connectivity index (χ2n) is 4.42. The molecule has 0 saturated carbocycles. The number of carboxylic acids is 1. The fraction of sp³-hybridized carbons (Fsp3) is 0.583. The Kier molecular flexibility index (Phi) is 4.43. The van der Waals surface area contributed by atoms with Crippen LogP contribution in [0.2, 0.25) is 0 Å². The van der Waals surface area contributed by atoms with Crippen LogP contribution >= 0.6 is 0 Å². The normalized spacial score (nSPS) is 10.8. The van der Waals surface area contributed by atoms with Crippen LogP contribution in [0, 0.1) is 6.92 Å². The highest BCUT2D eigenvalue weighted by molar-refractivity contribution is 5.66. The monoisotopic (exact) mass is 238 g/mol. The number of H-pyrrole nitrogens is 1. The number of aromatic amines is 1. The average molecular weight is 238 g/mol. The van der Waals surface area contributed by atoms with Gasteiger partial charge in [-0.3, -0.25) is 9.59 Å². The second-order valence-corrected chi connectivity index (χ2v) is 4.42. The number of hydrogen-bond donors (Lipinski definition) is 2. The molecule has 94 valence electrons. The number of rotatable bonds is 5. The van der Waals surface area contributed by atoms with E-state index in [2.05, 4.69) is 9.97 Å². The largest absolute Gasteiger partial charge is 0.481 e. The van der Waals surface area contributed by atoms with Crippen molar-refractivity contribution in [2.24, 2.45) is 0 Å². The van der Waals surface area contributed by atoms with Gasteiger partial charge in [0.15, 0.2) is 0 Å². The summed E-state index contributed by atoms with van der Waals surface area (Å²) in [6.45, 7) is 5.69. The van der Waals surface area contributed by atoms with E-state index in [1.165, 1.54) is 0 Å². The highest BCUT2D eigenvalue weighted by Crippen LogP contribution is 2.15. The molecule has 0 atom stereocenters. The van der Waals surface area contributed by atoms with Gasteiger partial charge in [0.2, 0.25) is 0 Å². The van der Waals surface area contributed by atoms with Gasteiger partial charge in [0, 0.05) is 12.0 Å². The van der Waals surface area contributed by atoms with Crippen molar-refractivity contribution in [2.75, 3.05) is 0 Å². The van der Waals surface area contributed by atoms with Crippen molar-refractivity contribution in [3.63, 3.8) is 0 Å². The fourth-order valence-corrected chi connectivity index (χ4v) is 1.77. The average Bonchev–Trinajstić information content (AvgIpc) is 2.19. The fourth-order valence-electron chi connectivity index (χ4n) is 1.77. The van der Waals surface area contributed by atoms with E-state index in [0.29, 0.717) is 24.2 Å². The van der Waals surface area contributed by atoms with E-state index in [0.717, 1.165) is 5.69 Å². The topological polar surface area (TPSA) is 83.0 Å². The van der Waals surface area contributed by atoms with Crippen molar-refractivity contribution in [2.45, 2.75) is 46.0 Å². The van der Waals surface area contributed by atoms with Crippen LogP contribution in [0.4, 0.5) is 0 Å². The van der Waals surface area contributed by atoms with E-state index >= 15 is 0 Å². The first-order chi connectivity index (χ1) is 7.91. The molecule has 0 aliphatic carbocycles. The molecule has 0 aromatic carbocycles. The summed E-state index contributed by atoms with van der Waals surface area (Å²) >= 11 is 0. The van der Waals surface area contributed by atoms with Gasteiger partial charge in [0.05, 0.1) is 5.69 Å². The molecule has 0 unspecified atom stereocenters. The number of carboxylic acid groups (broad SMARTS) is 1. The Hall–Kier alpha value is -1.65. The molecule has 0 radical (unpaired) electrons. The second kappa shape index (κ2) is 5.61. The molecule has 17 heavy (non-hydrogen) atoms. The molecule has 0 aliphatic rings. The zero-order valence-electron chi connectivity index (χ0n) is 10.4. The van der Waals surface area contributed by atoms with E-state index in [1.807, 2.05) is 13.8 Å². The van der Waals surface area contributed by atoms with E-state index < -0.39 is 5.97 Å². The standard InChI is InChI=1S/C12H18N2O3/c1-7(2)11-9(5-4-6-10(15)16)12(17)14-8(3)13-11/h7H,4-6H2,1-3H3,(H,15,16)(H,13,14,17). The summed E-state index contributed by atoms with van der Waals surface area (Å²) in [6, 6.07) is 0. The number of hydrogen-bond acceptors (Lipinski definition) is 3. The quantitative estimate of drug-likeness (QED) is 0.816. The number of nitrogens with one attached hydrogen (secondary N) is 1. The molecular weight excluding hydrogens is 220 g/mol. The number of aryl methyl sites for hydroxylation is 1. The van der Waals surface area contributed by atoms with Gasteiger partial charge in [-0.2, -0.15) is 0 Å². The third-order valence-corrected chi connectivity index (χ3v) is 2.53. The first-order valence-corrected chi connectivity index (χ1v) is 5.73. The van der Waals surface area contributed by atoms with Crippen LogP contribution in [0.3, 0.4) is 0 Å². The molecule has 0 fully saturated rings. The number of nitrogens with zero attached hydrogens (tertiary/aromatic N) is 1. The summed E-state index contributed by atoms with van der Waals surface area (Å²) < 4.78 is 0. The molecule has 0 bridgehead atoms. The molecule has 0 aliphatic heterocycles. The molecule has 1 aromatic heterocycles. The SMILES string of the molecule is Cc1nc(C(C)C)c(CCCC(=O)O)c(=O)[nH]1. The first-order valence-electron chi connectivity index (χ1n) is 5.73. The molecule has 1 heterocycles. The molecular formula is C12H18N2O3. The zero-order valence-corrected chi connectivity index (χ0v) is 10.4. The van der Waals surface area contributed by atoms with Crippen LogP contribution in [-0.4, -0.2) is 21.0 Å². The summed E-state index contributed by atoms with van der Waals surface area (Å²) in [7, 11) is 0. The van der Waals surface area contributed by atoms with Gasteiger partial charge < -0.3 is 10.1 Å². The van der Waals surface area contributed by atoms with Gasteiger partial charge in [-0.25, -0.2) is 4.98 Å². The smallest absolute Gasteiger partial charge is 0.303 e. The van der Waals surface area contributed by atoms with Crippen molar-refractivity contribution in [3.8, 4) is 0 Å². The molecule has 2 N–H and O–H groups in total. The molecule has 5 nitrogen and oxygen atoms in total. The van der Waals surface area contributed by atoms with Gasteiger partial charge >= 0.3 is 5.97 Å². The summed E-state index contributed by atoms with van der Waals surface area (Å²) in [5, 5.41) is 8.58. The van der Waals surface area contributed by atoms with Crippen LogP contribution in [0.15, 0.2) is 4.79 Å². The summed E-state index contributed by atoms with van der Waals surface area (Å²) in [4.78, 5) is 29.2. The minimum Gasteiger partial charge on any atom is -0.481 e. The van der Waals surface area contributed by atoms with E-state index in [-0.39, 0.29) is 17.9 Å². The van der Waals surface area contributed by atoms with Crippen molar-refractivity contribution >= 4 is 5.97 Å². The third kappa shape index (κ3) is 3.69. The molecule has 1 rings (SSSR count). The Morgan fingerprint density at radius 1 is 1.47 bits per heavy atom. The minimum absolute atomic E-state index is 0.0743. The highest BCUT2D eigenvalue weighted by Gasteiger charge is 2.13. The van der Waals surface area contributed by atoms with Crippen LogP contribution in [0.25, 0.3) is 0 Å². The van der Waals surface area contributed by atoms with Gasteiger partial charge in [0.1, 0.15) is 5.82 Å². The van der Waals surface area contributed by atoms with Crippen LogP contribution in [-0.2, 0) is 11.2 Å². The van der Waals surface area contributed by atoms with Crippen molar-refractivity contribution in [3.05, 3.63) is 27.4 Å². The van der Waals surface area contributed by atoms with Crippen LogP contribution in [0.5, 0.6) is 0 Å². The highest BCUT2D eigenvalue weighted by atomic mass is 16.4. The number of aromatic nitrogens is 2.